The Morgan fingerprint density at radius 2 is 1.64 bits per heavy atom. The molecule has 0 aliphatic carbocycles. The SMILES string of the molecule is C/C(=C/C(C)(C)c1ncc(C(C)C)[nH]1)CC(C)c1cnc(C(C)C)[nH]1. The van der Waals surface area contributed by atoms with Crippen LogP contribution in [0, 0.1) is 0 Å². The van der Waals surface area contributed by atoms with Gasteiger partial charge in [0.25, 0.3) is 0 Å². The van der Waals surface area contributed by atoms with Crippen molar-refractivity contribution in [1.29, 1.82) is 0 Å². The highest BCUT2D eigenvalue weighted by molar-refractivity contribution is 5.23. The minimum absolute atomic E-state index is 0.103. The zero-order valence-corrected chi connectivity index (χ0v) is 17.1. The second-order valence-electron chi connectivity index (χ2n) is 8.54. The van der Waals surface area contributed by atoms with Gasteiger partial charge < -0.3 is 9.97 Å². The Kier molecular flexibility index (Phi) is 5.91. The standard InChI is InChI=1S/C21H34N4/c1-13(2)17-11-23-20(25-17)21(7,8)10-15(5)9-16(6)18-12-22-19(24-18)14(3)4/h10-14,16H,9H2,1-8H3,(H,22,24)(H,23,25)/b15-10-. The molecule has 2 heterocycles. The minimum atomic E-state index is -0.103. The summed E-state index contributed by atoms with van der Waals surface area (Å²) in [5.41, 5.74) is 3.69. The van der Waals surface area contributed by atoms with Gasteiger partial charge in [0.05, 0.1) is 0 Å². The van der Waals surface area contributed by atoms with Gasteiger partial charge in [-0.05, 0) is 33.1 Å². The van der Waals surface area contributed by atoms with Gasteiger partial charge in [-0.1, -0.05) is 46.3 Å². The lowest BCUT2D eigenvalue weighted by Gasteiger charge is -2.20. The van der Waals surface area contributed by atoms with Crippen LogP contribution in [0.4, 0.5) is 0 Å². The maximum absolute atomic E-state index is 4.61. The maximum atomic E-state index is 4.61. The van der Waals surface area contributed by atoms with Crippen molar-refractivity contribution in [2.45, 2.75) is 85.0 Å². The van der Waals surface area contributed by atoms with E-state index in [1.54, 1.807) is 0 Å². The molecule has 2 aromatic rings. The van der Waals surface area contributed by atoms with Gasteiger partial charge in [-0.15, -0.1) is 0 Å². The molecule has 0 bridgehead atoms. The number of H-pyrrole nitrogens is 2. The van der Waals surface area contributed by atoms with Gasteiger partial charge in [0.1, 0.15) is 11.6 Å². The Morgan fingerprint density at radius 1 is 1.00 bits per heavy atom. The molecule has 0 aliphatic heterocycles. The highest BCUT2D eigenvalue weighted by Crippen LogP contribution is 2.29. The average molecular weight is 343 g/mol. The molecule has 0 saturated heterocycles. The Balaban J connectivity index is 2.10. The highest BCUT2D eigenvalue weighted by Gasteiger charge is 2.23. The third-order valence-electron chi connectivity index (χ3n) is 4.76. The number of aromatic nitrogens is 4. The molecular formula is C21H34N4. The zero-order valence-electron chi connectivity index (χ0n) is 17.1. The summed E-state index contributed by atoms with van der Waals surface area (Å²) in [7, 11) is 0. The number of rotatable bonds is 7. The van der Waals surface area contributed by atoms with Crippen molar-refractivity contribution >= 4 is 0 Å². The van der Waals surface area contributed by atoms with Crippen LogP contribution in [0.5, 0.6) is 0 Å². The normalized spacial score (nSPS) is 14.6. The van der Waals surface area contributed by atoms with Gasteiger partial charge in [0.2, 0.25) is 0 Å². The smallest absolute Gasteiger partial charge is 0.115 e. The first-order valence-electron chi connectivity index (χ1n) is 9.38. The number of nitrogens with zero attached hydrogens (tertiary/aromatic N) is 2. The summed E-state index contributed by atoms with van der Waals surface area (Å²) >= 11 is 0. The van der Waals surface area contributed by atoms with Crippen LogP contribution in [0.25, 0.3) is 0 Å². The van der Waals surface area contributed by atoms with E-state index in [0.29, 0.717) is 17.8 Å². The van der Waals surface area contributed by atoms with Gasteiger partial charge >= 0.3 is 0 Å². The number of hydrogen-bond donors (Lipinski definition) is 2. The van der Waals surface area contributed by atoms with E-state index in [1.807, 2.05) is 12.4 Å². The maximum Gasteiger partial charge on any atom is 0.115 e. The summed E-state index contributed by atoms with van der Waals surface area (Å²) in [6.45, 7) is 17.6. The number of allylic oxidation sites excluding steroid dienone is 2. The van der Waals surface area contributed by atoms with Crippen molar-refractivity contribution in [3.05, 3.63) is 47.1 Å². The molecule has 25 heavy (non-hydrogen) atoms. The third kappa shape index (κ3) is 4.83. The lowest BCUT2D eigenvalue weighted by atomic mass is 9.87. The molecule has 0 aliphatic rings. The second-order valence-corrected chi connectivity index (χ2v) is 8.54. The van der Waals surface area contributed by atoms with E-state index in [9.17, 15) is 0 Å². The Bertz CT molecular complexity index is 716. The molecule has 138 valence electrons. The summed E-state index contributed by atoms with van der Waals surface area (Å²) in [5.74, 6) is 3.44. The molecule has 4 heteroatoms. The van der Waals surface area contributed by atoms with Crippen molar-refractivity contribution in [2.75, 3.05) is 0 Å². The molecule has 0 spiro atoms. The zero-order chi connectivity index (χ0) is 18.8. The summed E-state index contributed by atoms with van der Waals surface area (Å²) < 4.78 is 0. The largest absolute Gasteiger partial charge is 0.345 e. The topological polar surface area (TPSA) is 57.4 Å². The van der Waals surface area contributed by atoms with Gasteiger partial charge in [-0.3, -0.25) is 0 Å². The van der Waals surface area contributed by atoms with Crippen LogP contribution in [-0.4, -0.2) is 19.9 Å². The fourth-order valence-corrected chi connectivity index (χ4v) is 3.19. The predicted octanol–water partition coefficient (Wildman–Crippen LogP) is 5.80. The van der Waals surface area contributed by atoms with E-state index in [0.717, 1.165) is 18.1 Å². The highest BCUT2D eigenvalue weighted by atomic mass is 14.9. The molecule has 2 N–H and O–H groups in total. The van der Waals surface area contributed by atoms with Crippen LogP contribution >= 0.6 is 0 Å². The van der Waals surface area contributed by atoms with Crippen LogP contribution in [0.2, 0.25) is 0 Å². The van der Waals surface area contributed by atoms with Gasteiger partial charge in [-0.25, -0.2) is 9.97 Å². The molecule has 1 atom stereocenters. The quantitative estimate of drug-likeness (QED) is 0.625. The lowest BCUT2D eigenvalue weighted by molar-refractivity contribution is 0.606. The van der Waals surface area contributed by atoms with Crippen LogP contribution < -0.4 is 0 Å². The summed E-state index contributed by atoms with van der Waals surface area (Å²) in [4.78, 5) is 16.1. The van der Waals surface area contributed by atoms with E-state index in [-0.39, 0.29) is 5.41 Å². The number of aromatic amines is 2. The molecule has 4 nitrogen and oxygen atoms in total. The van der Waals surface area contributed by atoms with E-state index in [2.05, 4.69) is 81.4 Å². The van der Waals surface area contributed by atoms with Crippen LogP contribution in [0.15, 0.2) is 24.0 Å². The first-order valence-corrected chi connectivity index (χ1v) is 9.38. The van der Waals surface area contributed by atoms with Gasteiger partial charge in [-0.2, -0.15) is 0 Å². The van der Waals surface area contributed by atoms with E-state index < -0.39 is 0 Å². The molecule has 0 radical (unpaired) electrons. The summed E-state index contributed by atoms with van der Waals surface area (Å²) in [6, 6.07) is 0. The molecule has 0 amide bonds. The molecule has 0 fully saturated rings. The Morgan fingerprint density at radius 3 is 2.16 bits per heavy atom. The number of nitrogens with one attached hydrogen (secondary N) is 2. The fourth-order valence-electron chi connectivity index (χ4n) is 3.19. The van der Waals surface area contributed by atoms with E-state index in [4.69, 9.17) is 0 Å². The third-order valence-corrected chi connectivity index (χ3v) is 4.76. The molecule has 2 aromatic heterocycles. The van der Waals surface area contributed by atoms with Crippen molar-refractivity contribution in [2.24, 2.45) is 0 Å². The summed E-state index contributed by atoms with van der Waals surface area (Å²) in [5, 5.41) is 0. The molecule has 0 saturated carbocycles. The lowest BCUT2D eigenvalue weighted by Crippen LogP contribution is -2.17. The van der Waals surface area contributed by atoms with E-state index in [1.165, 1.54) is 17.0 Å². The first-order chi connectivity index (χ1) is 11.6. The van der Waals surface area contributed by atoms with Crippen molar-refractivity contribution < 1.29 is 0 Å². The summed E-state index contributed by atoms with van der Waals surface area (Å²) in [6.07, 6.45) is 7.30. The monoisotopic (exact) mass is 342 g/mol. The number of hydrogen-bond acceptors (Lipinski definition) is 2. The predicted molar refractivity (Wildman–Crippen MR) is 105 cm³/mol. The Labute approximate surface area is 152 Å². The van der Waals surface area contributed by atoms with Crippen LogP contribution in [-0.2, 0) is 5.41 Å². The van der Waals surface area contributed by atoms with Crippen molar-refractivity contribution in [3.8, 4) is 0 Å². The molecule has 0 aromatic carbocycles. The fraction of sp³-hybridized carbons (Fsp3) is 0.619. The van der Waals surface area contributed by atoms with Crippen LogP contribution in [0.1, 0.15) is 103 Å². The first kappa shape index (κ1) is 19.5. The minimum Gasteiger partial charge on any atom is -0.345 e. The van der Waals surface area contributed by atoms with Crippen LogP contribution in [0.3, 0.4) is 0 Å². The average Bonchev–Trinajstić information content (AvgIpc) is 3.16. The number of imidazole rings is 2. The van der Waals surface area contributed by atoms with Crippen molar-refractivity contribution in [3.63, 3.8) is 0 Å². The Hall–Kier alpha value is -1.84. The van der Waals surface area contributed by atoms with Crippen molar-refractivity contribution in [1.82, 2.24) is 19.9 Å². The molecule has 1 unspecified atom stereocenters. The van der Waals surface area contributed by atoms with Gasteiger partial charge in [0, 0.05) is 41.0 Å². The second kappa shape index (κ2) is 7.59. The van der Waals surface area contributed by atoms with Gasteiger partial charge in [0.15, 0.2) is 0 Å². The molecule has 2 rings (SSSR count). The molecular weight excluding hydrogens is 308 g/mol. The van der Waals surface area contributed by atoms with E-state index >= 15 is 0 Å².